The van der Waals surface area contributed by atoms with Crippen molar-refractivity contribution >= 4 is 5.69 Å². The van der Waals surface area contributed by atoms with E-state index >= 15 is 0 Å². The molecule has 6 nitrogen and oxygen atoms in total. The Kier molecular flexibility index (Phi) is 2.32. The molecular formula is C7H8N2O4. The van der Waals surface area contributed by atoms with Crippen LogP contribution in [-0.2, 0) is 0 Å². The molecule has 0 unspecified atom stereocenters. The van der Waals surface area contributed by atoms with Crippen molar-refractivity contribution in [1.82, 2.24) is 4.98 Å². The molecule has 0 saturated carbocycles. The van der Waals surface area contributed by atoms with Gasteiger partial charge in [-0.15, -0.1) is 0 Å². The van der Waals surface area contributed by atoms with Gasteiger partial charge in [0, 0.05) is 11.8 Å². The van der Waals surface area contributed by atoms with Gasteiger partial charge in [-0.05, 0) is 6.92 Å². The number of nitrogens with one attached hydrogen (secondary N) is 1. The van der Waals surface area contributed by atoms with E-state index in [1.165, 1.54) is 13.2 Å². The van der Waals surface area contributed by atoms with E-state index in [9.17, 15) is 14.9 Å². The lowest BCUT2D eigenvalue weighted by Crippen LogP contribution is -2.13. The standard InChI is InChI=1S/C7H8N2O4/c1-4-3-5(13-2)6(9(11)12)7(10)8-4/h3H,1-2H3,(H,8,10). The minimum atomic E-state index is -0.767. The molecule has 0 fully saturated rings. The second kappa shape index (κ2) is 3.26. The molecule has 1 aromatic rings. The monoisotopic (exact) mass is 184 g/mol. The van der Waals surface area contributed by atoms with Crippen LogP contribution in [0.5, 0.6) is 5.75 Å². The van der Waals surface area contributed by atoms with Gasteiger partial charge in [0.25, 0.3) is 0 Å². The molecule has 0 aromatic carbocycles. The summed E-state index contributed by atoms with van der Waals surface area (Å²) in [4.78, 5) is 23.1. The smallest absolute Gasteiger partial charge is 0.375 e. The lowest BCUT2D eigenvalue weighted by Gasteiger charge is -2.00. The van der Waals surface area contributed by atoms with Crippen LogP contribution in [0.1, 0.15) is 5.69 Å². The molecule has 0 saturated heterocycles. The first-order valence-electron chi connectivity index (χ1n) is 3.48. The summed E-state index contributed by atoms with van der Waals surface area (Å²) < 4.78 is 4.71. The number of nitro groups is 1. The molecule has 0 aliphatic carbocycles. The molecule has 1 aromatic heterocycles. The minimum absolute atomic E-state index is 0.0220. The number of methoxy groups -OCH3 is 1. The molecule has 0 aliphatic rings. The van der Waals surface area contributed by atoms with Gasteiger partial charge < -0.3 is 9.72 Å². The molecule has 0 spiro atoms. The third kappa shape index (κ3) is 1.66. The number of aryl methyl sites for hydroxylation is 1. The third-order valence-corrected chi connectivity index (χ3v) is 1.51. The molecule has 0 aliphatic heterocycles. The summed E-state index contributed by atoms with van der Waals surface area (Å²) in [6, 6.07) is 1.40. The summed E-state index contributed by atoms with van der Waals surface area (Å²) in [7, 11) is 1.28. The fourth-order valence-electron chi connectivity index (χ4n) is 0.980. The van der Waals surface area contributed by atoms with Crippen molar-refractivity contribution in [2.75, 3.05) is 7.11 Å². The Bertz CT molecular complexity index is 396. The molecule has 1 heterocycles. The Morgan fingerprint density at radius 2 is 2.23 bits per heavy atom. The molecule has 0 bridgehead atoms. The van der Waals surface area contributed by atoms with Gasteiger partial charge in [-0.2, -0.15) is 0 Å². The van der Waals surface area contributed by atoms with Gasteiger partial charge in [0.2, 0.25) is 5.75 Å². The zero-order valence-corrected chi connectivity index (χ0v) is 7.16. The van der Waals surface area contributed by atoms with Gasteiger partial charge in [-0.1, -0.05) is 0 Å². The summed E-state index contributed by atoms with van der Waals surface area (Å²) >= 11 is 0. The van der Waals surface area contributed by atoms with Crippen molar-refractivity contribution in [2.45, 2.75) is 6.92 Å². The number of nitrogens with zero attached hydrogens (tertiary/aromatic N) is 1. The van der Waals surface area contributed by atoms with Crippen LogP contribution in [0.3, 0.4) is 0 Å². The van der Waals surface area contributed by atoms with E-state index < -0.39 is 16.2 Å². The lowest BCUT2D eigenvalue weighted by atomic mass is 10.3. The third-order valence-electron chi connectivity index (χ3n) is 1.51. The minimum Gasteiger partial charge on any atom is -0.490 e. The fourth-order valence-corrected chi connectivity index (χ4v) is 0.980. The lowest BCUT2D eigenvalue weighted by molar-refractivity contribution is -0.387. The number of ether oxygens (including phenoxy) is 1. The Balaban J connectivity index is 3.48. The Morgan fingerprint density at radius 1 is 1.62 bits per heavy atom. The fraction of sp³-hybridized carbons (Fsp3) is 0.286. The average molecular weight is 184 g/mol. The zero-order chi connectivity index (χ0) is 10.0. The molecule has 6 heteroatoms. The predicted molar refractivity (Wildman–Crippen MR) is 45.0 cm³/mol. The average Bonchev–Trinajstić information content (AvgIpc) is 2.01. The summed E-state index contributed by atoms with van der Waals surface area (Å²) in [5, 5.41) is 10.4. The number of hydrogen-bond donors (Lipinski definition) is 1. The summed E-state index contributed by atoms with van der Waals surface area (Å²) in [5.41, 5.74) is -0.789. The van der Waals surface area contributed by atoms with Crippen LogP contribution in [0.25, 0.3) is 0 Å². The second-order valence-electron chi connectivity index (χ2n) is 2.46. The van der Waals surface area contributed by atoms with Gasteiger partial charge in [-0.3, -0.25) is 14.9 Å². The SMILES string of the molecule is COc1cc(C)[nH]c(=O)c1[N+](=O)[O-]. The molecule has 1 rings (SSSR count). The number of aromatic amines is 1. The van der Waals surface area contributed by atoms with E-state index in [0.29, 0.717) is 5.69 Å². The normalized spacial score (nSPS) is 9.69. The summed E-state index contributed by atoms with van der Waals surface area (Å²) in [5.74, 6) is -0.0220. The maximum Gasteiger partial charge on any atom is 0.375 e. The maximum atomic E-state index is 11.1. The number of H-pyrrole nitrogens is 1. The predicted octanol–water partition coefficient (Wildman–Crippen LogP) is 0.600. The van der Waals surface area contributed by atoms with E-state index in [4.69, 9.17) is 4.74 Å². The number of hydrogen-bond acceptors (Lipinski definition) is 4. The summed E-state index contributed by atoms with van der Waals surface area (Å²) in [6.45, 7) is 1.62. The molecule has 0 radical (unpaired) electrons. The Morgan fingerprint density at radius 3 is 2.69 bits per heavy atom. The van der Waals surface area contributed by atoms with Crippen LogP contribution < -0.4 is 10.3 Å². The highest BCUT2D eigenvalue weighted by Crippen LogP contribution is 2.21. The molecule has 1 N–H and O–H groups in total. The highest BCUT2D eigenvalue weighted by Gasteiger charge is 2.20. The highest BCUT2D eigenvalue weighted by atomic mass is 16.6. The van der Waals surface area contributed by atoms with Crippen LogP contribution in [0.15, 0.2) is 10.9 Å². The topological polar surface area (TPSA) is 85.2 Å². The van der Waals surface area contributed by atoms with Crippen LogP contribution in [0.2, 0.25) is 0 Å². The molecule has 0 atom stereocenters. The van der Waals surface area contributed by atoms with Gasteiger partial charge >= 0.3 is 11.2 Å². The first-order valence-corrected chi connectivity index (χ1v) is 3.48. The van der Waals surface area contributed by atoms with Gasteiger partial charge in [0.15, 0.2) is 0 Å². The highest BCUT2D eigenvalue weighted by molar-refractivity contribution is 5.44. The summed E-state index contributed by atoms with van der Waals surface area (Å²) in [6.07, 6.45) is 0. The molecular weight excluding hydrogens is 176 g/mol. The second-order valence-corrected chi connectivity index (χ2v) is 2.46. The van der Waals surface area contributed by atoms with E-state index in [0.717, 1.165) is 0 Å². The number of rotatable bonds is 2. The van der Waals surface area contributed by atoms with Crippen LogP contribution >= 0.6 is 0 Å². The molecule has 0 amide bonds. The van der Waals surface area contributed by atoms with Gasteiger partial charge in [-0.25, -0.2) is 0 Å². The Hall–Kier alpha value is -1.85. The van der Waals surface area contributed by atoms with Crippen molar-refractivity contribution in [3.05, 3.63) is 32.2 Å². The largest absolute Gasteiger partial charge is 0.490 e. The van der Waals surface area contributed by atoms with Crippen LogP contribution in [0, 0.1) is 17.0 Å². The van der Waals surface area contributed by atoms with E-state index in [2.05, 4.69) is 4.98 Å². The Labute approximate surface area is 73.3 Å². The van der Waals surface area contributed by atoms with Gasteiger partial charge in [0.1, 0.15) is 0 Å². The van der Waals surface area contributed by atoms with Crippen LogP contribution in [-0.4, -0.2) is 17.0 Å². The van der Waals surface area contributed by atoms with E-state index in [1.54, 1.807) is 6.92 Å². The van der Waals surface area contributed by atoms with Crippen molar-refractivity contribution < 1.29 is 9.66 Å². The van der Waals surface area contributed by atoms with Gasteiger partial charge in [0.05, 0.1) is 12.0 Å². The molecule has 13 heavy (non-hydrogen) atoms. The number of pyridine rings is 1. The van der Waals surface area contributed by atoms with Crippen molar-refractivity contribution in [3.63, 3.8) is 0 Å². The maximum absolute atomic E-state index is 11.1. The first-order chi connectivity index (χ1) is 6.06. The van der Waals surface area contributed by atoms with Crippen molar-refractivity contribution in [3.8, 4) is 5.75 Å². The number of aromatic nitrogens is 1. The van der Waals surface area contributed by atoms with E-state index in [1.807, 2.05) is 0 Å². The van der Waals surface area contributed by atoms with Crippen molar-refractivity contribution in [1.29, 1.82) is 0 Å². The van der Waals surface area contributed by atoms with E-state index in [-0.39, 0.29) is 5.75 Å². The first kappa shape index (κ1) is 9.24. The molecule has 70 valence electrons. The quantitative estimate of drug-likeness (QED) is 0.538. The van der Waals surface area contributed by atoms with Crippen molar-refractivity contribution in [2.24, 2.45) is 0 Å². The zero-order valence-electron chi connectivity index (χ0n) is 7.16. The van der Waals surface area contributed by atoms with Crippen LogP contribution in [0.4, 0.5) is 5.69 Å².